The highest BCUT2D eigenvalue weighted by atomic mass is 31.3. The first kappa shape index (κ1) is 25.1. The number of fused-ring (bicyclic) bond motifs is 1. The Morgan fingerprint density at radius 3 is 2.56 bits per heavy atom. The van der Waals surface area contributed by atoms with E-state index in [1.807, 2.05) is 0 Å². The minimum atomic E-state index is -5.56. The molecule has 18 nitrogen and oxygen atoms in total. The van der Waals surface area contributed by atoms with Gasteiger partial charge in [0.1, 0.15) is 12.3 Å². The molecule has 7 N–H and O–H groups in total. The molecule has 1 saturated heterocycles. The van der Waals surface area contributed by atoms with E-state index in [0.29, 0.717) is 7.11 Å². The largest absolute Gasteiger partial charge is 0.490 e. The maximum Gasteiger partial charge on any atom is 0.490 e. The summed E-state index contributed by atoms with van der Waals surface area (Å²) in [6, 6.07) is 0. The molecule has 0 bridgehead atoms. The summed E-state index contributed by atoms with van der Waals surface area (Å²) in [4.78, 5) is 49.9. The van der Waals surface area contributed by atoms with Crippen molar-refractivity contribution >= 4 is 40.6 Å². The van der Waals surface area contributed by atoms with Crippen molar-refractivity contribution in [1.29, 1.82) is 0 Å². The highest BCUT2D eigenvalue weighted by Gasteiger charge is 2.43. The van der Waals surface area contributed by atoms with Gasteiger partial charge in [0.05, 0.1) is 19.0 Å². The number of phosphoric ester groups is 2. The number of aliphatic hydroxyl groups is 1. The number of H-pyrrole nitrogens is 1. The van der Waals surface area contributed by atoms with Gasteiger partial charge in [-0.15, -0.1) is 0 Å². The van der Waals surface area contributed by atoms with Crippen LogP contribution >= 0.6 is 23.5 Å². The summed E-state index contributed by atoms with van der Waals surface area (Å²) in [6.45, 7) is -0.810. The van der Waals surface area contributed by atoms with E-state index in [0.717, 1.165) is 0 Å². The number of phosphoric acid groups is 3. The number of hydrogen-bond acceptors (Lipinski definition) is 13. The van der Waals surface area contributed by atoms with Gasteiger partial charge < -0.3 is 30.3 Å². The highest BCUT2D eigenvalue weighted by Crippen LogP contribution is 2.67. The van der Waals surface area contributed by atoms with Crippen LogP contribution in [0.2, 0.25) is 0 Å². The molecule has 3 rings (SSSR count). The number of aromatic nitrogens is 4. The quantitative estimate of drug-likeness (QED) is 0.224. The summed E-state index contributed by atoms with van der Waals surface area (Å²) >= 11 is 0. The summed E-state index contributed by atoms with van der Waals surface area (Å²) in [5.74, 6) is -0.183. The molecule has 0 saturated carbocycles. The minimum absolute atomic E-state index is 0.0406. The molecule has 2 aromatic heterocycles. The Balaban J connectivity index is 1.66. The molecular formula is C11H18N5O13P3. The molecule has 180 valence electrons. The third-order valence-corrected chi connectivity index (χ3v) is 8.25. The zero-order chi connectivity index (χ0) is 23.9. The number of rotatable bonds is 9. The number of hydrogen-bond donors (Lipinski definition) is 6. The van der Waals surface area contributed by atoms with Gasteiger partial charge in [-0.05, 0) is 0 Å². The first-order valence-electron chi connectivity index (χ1n) is 8.39. The van der Waals surface area contributed by atoms with E-state index in [-0.39, 0.29) is 23.5 Å². The van der Waals surface area contributed by atoms with Crippen LogP contribution in [0.5, 0.6) is 0 Å². The molecule has 0 amide bonds. The van der Waals surface area contributed by atoms with Crippen molar-refractivity contribution < 1.29 is 55.9 Å². The molecule has 0 radical (unpaired) electrons. The fourth-order valence-electron chi connectivity index (χ4n) is 2.69. The Labute approximate surface area is 177 Å². The molecule has 6 atom stereocenters. The summed E-state index contributed by atoms with van der Waals surface area (Å²) in [5.41, 5.74) is 4.94. The van der Waals surface area contributed by atoms with Crippen LogP contribution in [-0.2, 0) is 36.1 Å². The second-order valence-corrected chi connectivity index (χ2v) is 11.0. The molecule has 0 aliphatic carbocycles. The predicted octanol–water partition coefficient (Wildman–Crippen LogP) is -0.652. The van der Waals surface area contributed by atoms with Crippen molar-refractivity contribution in [1.82, 2.24) is 19.5 Å². The van der Waals surface area contributed by atoms with Crippen LogP contribution in [0.25, 0.3) is 11.2 Å². The normalized spacial score (nSPS) is 27.1. The predicted molar refractivity (Wildman–Crippen MR) is 102 cm³/mol. The number of aliphatic hydroxyl groups excluding tert-OH is 1. The minimum Gasteiger partial charge on any atom is -0.390 e. The van der Waals surface area contributed by atoms with Crippen LogP contribution < -0.4 is 11.3 Å². The monoisotopic (exact) mass is 521 g/mol. The Kier molecular flexibility index (Phi) is 7.08. The zero-order valence-electron chi connectivity index (χ0n) is 15.9. The Morgan fingerprint density at radius 2 is 1.91 bits per heavy atom. The first-order chi connectivity index (χ1) is 14.7. The van der Waals surface area contributed by atoms with Crippen LogP contribution in [0.15, 0.2) is 11.1 Å². The summed E-state index contributed by atoms with van der Waals surface area (Å²) in [7, 11) is -15.3. The van der Waals surface area contributed by atoms with Gasteiger partial charge in [0.15, 0.2) is 11.2 Å². The van der Waals surface area contributed by atoms with Gasteiger partial charge in [-0.1, -0.05) is 0 Å². The van der Waals surface area contributed by atoms with Crippen LogP contribution in [-0.4, -0.2) is 65.2 Å². The number of imidazole rings is 1. The van der Waals surface area contributed by atoms with E-state index < -0.39 is 54.1 Å². The summed E-state index contributed by atoms with van der Waals surface area (Å²) in [6.07, 6.45) is -2.27. The standard InChI is InChI=1S/C11H18N5O13P3/c1-25-30(19,20)28-32(23,24)29-31(21,22)26-3-6-5(17)2-7(27-6)16-4-13-8-9(16)14-11(12)15-10(8)18/h4-7,17H,2-3H2,1H3,(H,19,20)(H,21,22)(H,23,24)(H3,12,14,15,18)/t5-,6-,7-/m1/s1. The van der Waals surface area contributed by atoms with Gasteiger partial charge in [0.2, 0.25) is 5.95 Å². The molecular weight excluding hydrogens is 503 g/mol. The van der Waals surface area contributed by atoms with Crippen molar-refractivity contribution in [3.63, 3.8) is 0 Å². The van der Waals surface area contributed by atoms with Gasteiger partial charge in [-0.2, -0.15) is 13.6 Å². The van der Waals surface area contributed by atoms with Crippen molar-refractivity contribution in [2.24, 2.45) is 0 Å². The van der Waals surface area contributed by atoms with Crippen molar-refractivity contribution in [3.8, 4) is 0 Å². The zero-order valence-corrected chi connectivity index (χ0v) is 18.6. The number of nitrogens with two attached hydrogens (primary N) is 1. The Bertz CT molecular complexity index is 1200. The number of ether oxygens (including phenoxy) is 1. The smallest absolute Gasteiger partial charge is 0.390 e. The summed E-state index contributed by atoms with van der Waals surface area (Å²) in [5, 5.41) is 10.2. The highest BCUT2D eigenvalue weighted by molar-refractivity contribution is 7.66. The molecule has 2 aromatic rings. The van der Waals surface area contributed by atoms with Gasteiger partial charge in [0, 0.05) is 13.5 Å². The molecule has 1 fully saturated rings. The van der Waals surface area contributed by atoms with Crippen LogP contribution in [0, 0.1) is 0 Å². The maximum absolute atomic E-state index is 11.9. The number of aromatic amines is 1. The Hall–Kier alpha value is -1.52. The van der Waals surface area contributed by atoms with E-state index >= 15 is 0 Å². The maximum atomic E-state index is 11.9. The molecule has 1 aliphatic rings. The van der Waals surface area contributed by atoms with Crippen LogP contribution in [0.1, 0.15) is 12.6 Å². The molecule has 3 heterocycles. The molecule has 1 aliphatic heterocycles. The topological polar surface area (TPSA) is 268 Å². The van der Waals surface area contributed by atoms with Crippen LogP contribution in [0.3, 0.4) is 0 Å². The average molecular weight is 521 g/mol. The van der Waals surface area contributed by atoms with E-state index in [9.17, 15) is 33.4 Å². The second kappa shape index (κ2) is 9.02. The van der Waals surface area contributed by atoms with Crippen molar-refractivity contribution in [2.45, 2.75) is 24.9 Å². The lowest BCUT2D eigenvalue weighted by Crippen LogP contribution is -2.26. The lowest BCUT2D eigenvalue weighted by Gasteiger charge is -2.20. The van der Waals surface area contributed by atoms with E-state index in [2.05, 4.69) is 32.6 Å². The van der Waals surface area contributed by atoms with E-state index in [4.69, 9.17) is 15.4 Å². The molecule has 3 unspecified atom stereocenters. The fourth-order valence-corrected chi connectivity index (χ4v) is 5.95. The third-order valence-electron chi connectivity index (χ3n) is 4.01. The van der Waals surface area contributed by atoms with Gasteiger partial charge in [0.25, 0.3) is 5.56 Å². The number of anilines is 1. The van der Waals surface area contributed by atoms with Gasteiger partial charge in [-0.25, -0.2) is 18.7 Å². The number of nitrogens with zero attached hydrogens (tertiary/aromatic N) is 3. The van der Waals surface area contributed by atoms with E-state index in [1.165, 1.54) is 10.9 Å². The van der Waals surface area contributed by atoms with E-state index in [1.54, 1.807) is 0 Å². The first-order valence-corrected chi connectivity index (χ1v) is 12.9. The lowest BCUT2D eigenvalue weighted by atomic mass is 10.2. The molecule has 0 spiro atoms. The SMILES string of the molecule is COP(=O)(O)OP(=O)(O)OP(=O)(O)OC[C@H]1O[C@@H](n2cnc3c(=O)[nH]c(N)nc32)C[C@H]1O. The fraction of sp³-hybridized carbons (Fsp3) is 0.545. The lowest BCUT2D eigenvalue weighted by molar-refractivity contribution is -0.0423. The Morgan fingerprint density at radius 1 is 1.25 bits per heavy atom. The summed E-state index contributed by atoms with van der Waals surface area (Å²) < 4.78 is 57.6. The second-order valence-electron chi connectivity index (χ2n) is 6.25. The van der Waals surface area contributed by atoms with Gasteiger partial charge >= 0.3 is 23.5 Å². The molecule has 21 heteroatoms. The van der Waals surface area contributed by atoms with Crippen molar-refractivity contribution in [3.05, 3.63) is 16.7 Å². The molecule has 32 heavy (non-hydrogen) atoms. The van der Waals surface area contributed by atoms with Crippen molar-refractivity contribution in [2.75, 3.05) is 19.5 Å². The average Bonchev–Trinajstić information content (AvgIpc) is 3.21. The van der Waals surface area contributed by atoms with Gasteiger partial charge in [-0.3, -0.25) is 23.4 Å². The number of nitrogens with one attached hydrogen (secondary N) is 1. The molecule has 0 aromatic carbocycles. The van der Waals surface area contributed by atoms with Crippen LogP contribution in [0.4, 0.5) is 5.95 Å². The number of nitrogen functional groups attached to an aromatic ring is 1. The third kappa shape index (κ3) is 5.88.